The Labute approximate surface area is 110 Å². The highest BCUT2D eigenvalue weighted by Gasteiger charge is 2.37. The normalized spacial score (nSPS) is 20.9. The van der Waals surface area contributed by atoms with Crippen LogP contribution in [0.1, 0.15) is 20.3 Å². The Balaban J connectivity index is 2.67. The molecule has 1 heterocycles. The molecule has 0 spiro atoms. The molecule has 5 nitrogen and oxygen atoms in total. The van der Waals surface area contributed by atoms with E-state index in [1.807, 2.05) is 0 Å². The van der Waals surface area contributed by atoms with Crippen molar-refractivity contribution in [2.75, 3.05) is 12.3 Å². The average Bonchev–Trinajstić information content (AvgIpc) is 2.67. The van der Waals surface area contributed by atoms with Crippen LogP contribution in [-0.2, 0) is 14.4 Å². The van der Waals surface area contributed by atoms with Gasteiger partial charge in [0.1, 0.15) is 6.04 Å². The highest BCUT2D eigenvalue weighted by molar-refractivity contribution is 8.13. The van der Waals surface area contributed by atoms with Gasteiger partial charge >= 0.3 is 5.97 Å². The van der Waals surface area contributed by atoms with E-state index in [-0.39, 0.29) is 16.9 Å². The number of amides is 1. The summed E-state index contributed by atoms with van der Waals surface area (Å²) in [5, 5.41) is 9.01. The minimum atomic E-state index is -1.01. The standard InChI is InChI=1S/C12H17NO4S/c1-7-4-10(12(16)17)13(5-7)11(15)8(2)6-18-9(3)14/h8,10H,1,4-6H2,2-3H3,(H,16,17)/t8-,10+/m1/s1. The molecule has 1 fully saturated rings. The Hall–Kier alpha value is -1.30. The Bertz CT molecular complexity index is 394. The minimum Gasteiger partial charge on any atom is -0.480 e. The molecule has 0 radical (unpaired) electrons. The number of aliphatic carboxylic acids is 1. The maximum Gasteiger partial charge on any atom is 0.326 e. The summed E-state index contributed by atoms with van der Waals surface area (Å²) in [4.78, 5) is 35.4. The van der Waals surface area contributed by atoms with E-state index in [9.17, 15) is 14.4 Å². The molecule has 1 aliphatic heterocycles. The van der Waals surface area contributed by atoms with Crippen molar-refractivity contribution in [2.24, 2.45) is 5.92 Å². The molecule has 1 amide bonds. The first-order chi connectivity index (χ1) is 8.32. The molecule has 100 valence electrons. The number of carbonyl (C=O) groups is 3. The second kappa shape index (κ2) is 6.04. The molecule has 0 aliphatic carbocycles. The van der Waals surface area contributed by atoms with Gasteiger partial charge in [-0.15, -0.1) is 0 Å². The first kappa shape index (κ1) is 14.8. The van der Waals surface area contributed by atoms with Crippen LogP contribution in [0, 0.1) is 5.92 Å². The second-order valence-corrected chi connectivity index (χ2v) is 5.67. The number of rotatable bonds is 4. The summed E-state index contributed by atoms with van der Waals surface area (Å²) >= 11 is 1.08. The number of hydrogen-bond donors (Lipinski definition) is 1. The van der Waals surface area contributed by atoms with Crippen LogP contribution in [0.5, 0.6) is 0 Å². The molecule has 1 rings (SSSR count). The number of hydrogen-bond acceptors (Lipinski definition) is 4. The number of likely N-dealkylation sites (tertiary alicyclic amines) is 1. The summed E-state index contributed by atoms with van der Waals surface area (Å²) in [6.07, 6.45) is 0.313. The molecule has 1 saturated heterocycles. The molecule has 0 bridgehead atoms. The zero-order chi connectivity index (χ0) is 13.9. The van der Waals surface area contributed by atoms with Gasteiger partial charge in [0, 0.05) is 31.6 Å². The first-order valence-electron chi connectivity index (χ1n) is 5.66. The highest BCUT2D eigenvalue weighted by atomic mass is 32.2. The molecule has 6 heteroatoms. The van der Waals surface area contributed by atoms with Crippen LogP contribution in [0.2, 0.25) is 0 Å². The van der Waals surface area contributed by atoms with Crippen molar-refractivity contribution in [1.82, 2.24) is 4.90 Å². The lowest BCUT2D eigenvalue weighted by Gasteiger charge is -2.24. The quantitative estimate of drug-likeness (QED) is 0.776. The second-order valence-electron chi connectivity index (χ2n) is 4.48. The zero-order valence-electron chi connectivity index (χ0n) is 10.5. The molecule has 1 aliphatic rings. The van der Waals surface area contributed by atoms with Crippen molar-refractivity contribution in [2.45, 2.75) is 26.3 Å². The maximum absolute atomic E-state index is 12.1. The van der Waals surface area contributed by atoms with Gasteiger partial charge in [-0.3, -0.25) is 9.59 Å². The van der Waals surface area contributed by atoms with Crippen LogP contribution < -0.4 is 0 Å². The fourth-order valence-corrected chi connectivity index (χ4v) is 2.48. The van der Waals surface area contributed by atoms with Crippen molar-refractivity contribution in [3.8, 4) is 0 Å². The predicted molar refractivity (Wildman–Crippen MR) is 69.2 cm³/mol. The van der Waals surface area contributed by atoms with Crippen LogP contribution in [-0.4, -0.2) is 45.3 Å². The zero-order valence-corrected chi connectivity index (χ0v) is 11.3. The van der Waals surface area contributed by atoms with Crippen molar-refractivity contribution in [3.05, 3.63) is 12.2 Å². The summed E-state index contributed by atoms with van der Waals surface area (Å²) in [7, 11) is 0. The summed E-state index contributed by atoms with van der Waals surface area (Å²) in [6.45, 7) is 7.18. The lowest BCUT2D eigenvalue weighted by atomic mass is 10.1. The number of nitrogens with zero attached hydrogens (tertiary/aromatic N) is 1. The van der Waals surface area contributed by atoms with Gasteiger partial charge in [-0.2, -0.15) is 0 Å². The van der Waals surface area contributed by atoms with E-state index in [4.69, 9.17) is 5.11 Å². The van der Waals surface area contributed by atoms with Crippen LogP contribution in [0.4, 0.5) is 0 Å². The highest BCUT2D eigenvalue weighted by Crippen LogP contribution is 2.24. The molecular formula is C12H17NO4S. The van der Waals surface area contributed by atoms with Gasteiger partial charge in [0.15, 0.2) is 5.12 Å². The molecule has 0 aromatic carbocycles. The van der Waals surface area contributed by atoms with E-state index in [0.29, 0.717) is 18.7 Å². The number of carboxylic acids is 1. The van der Waals surface area contributed by atoms with Gasteiger partial charge in [-0.25, -0.2) is 4.79 Å². The van der Waals surface area contributed by atoms with Crippen LogP contribution in [0.25, 0.3) is 0 Å². The monoisotopic (exact) mass is 271 g/mol. The van der Waals surface area contributed by atoms with Gasteiger partial charge in [0.25, 0.3) is 0 Å². The average molecular weight is 271 g/mol. The lowest BCUT2D eigenvalue weighted by Crippen LogP contribution is -2.43. The van der Waals surface area contributed by atoms with Gasteiger partial charge in [-0.1, -0.05) is 30.8 Å². The van der Waals surface area contributed by atoms with Gasteiger partial charge in [0.2, 0.25) is 5.91 Å². The third kappa shape index (κ3) is 3.60. The van der Waals surface area contributed by atoms with E-state index in [1.54, 1.807) is 6.92 Å². The third-order valence-corrected chi connectivity index (χ3v) is 3.85. The predicted octanol–water partition coefficient (Wildman–Crippen LogP) is 1.14. The van der Waals surface area contributed by atoms with Crippen molar-refractivity contribution in [1.29, 1.82) is 0 Å². The van der Waals surface area contributed by atoms with Crippen LogP contribution >= 0.6 is 11.8 Å². The van der Waals surface area contributed by atoms with Crippen molar-refractivity contribution in [3.63, 3.8) is 0 Å². The Kier molecular flexibility index (Phi) is 4.95. The van der Waals surface area contributed by atoms with Crippen molar-refractivity contribution < 1.29 is 19.5 Å². The maximum atomic E-state index is 12.1. The molecule has 0 aromatic rings. The molecule has 0 saturated carbocycles. The lowest BCUT2D eigenvalue weighted by molar-refractivity contribution is -0.149. The number of carbonyl (C=O) groups excluding carboxylic acids is 2. The number of thioether (sulfide) groups is 1. The smallest absolute Gasteiger partial charge is 0.326 e. The topological polar surface area (TPSA) is 74.7 Å². The minimum absolute atomic E-state index is 0.0460. The first-order valence-corrected chi connectivity index (χ1v) is 6.64. The Morgan fingerprint density at radius 3 is 2.67 bits per heavy atom. The SMILES string of the molecule is C=C1C[C@@H](C(=O)O)N(C(=O)[C@H](C)CSC(C)=O)C1. The molecule has 0 aromatic heterocycles. The largest absolute Gasteiger partial charge is 0.480 e. The van der Waals surface area contributed by atoms with Crippen LogP contribution in [0.3, 0.4) is 0 Å². The van der Waals surface area contributed by atoms with E-state index in [0.717, 1.165) is 17.3 Å². The van der Waals surface area contributed by atoms with E-state index < -0.39 is 12.0 Å². The van der Waals surface area contributed by atoms with Gasteiger partial charge in [-0.05, 0) is 0 Å². The fourth-order valence-electron chi connectivity index (χ4n) is 1.85. The van der Waals surface area contributed by atoms with Crippen molar-refractivity contribution >= 4 is 28.8 Å². The molecule has 2 atom stereocenters. The Morgan fingerprint density at radius 2 is 2.17 bits per heavy atom. The van der Waals surface area contributed by atoms with Gasteiger partial charge < -0.3 is 10.0 Å². The van der Waals surface area contributed by atoms with E-state index in [1.165, 1.54) is 11.8 Å². The number of carboxylic acid groups (broad SMARTS) is 1. The summed E-state index contributed by atoms with van der Waals surface area (Å²) < 4.78 is 0. The summed E-state index contributed by atoms with van der Waals surface area (Å²) in [5.41, 5.74) is 0.752. The van der Waals surface area contributed by atoms with E-state index >= 15 is 0 Å². The molecular weight excluding hydrogens is 254 g/mol. The Morgan fingerprint density at radius 1 is 1.56 bits per heavy atom. The van der Waals surface area contributed by atoms with Gasteiger partial charge in [0.05, 0.1) is 0 Å². The molecule has 1 N–H and O–H groups in total. The molecule has 18 heavy (non-hydrogen) atoms. The van der Waals surface area contributed by atoms with Crippen LogP contribution in [0.15, 0.2) is 12.2 Å². The molecule has 0 unspecified atom stereocenters. The third-order valence-electron chi connectivity index (χ3n) is 2.78. The van der Waals surface area contributed by atoms with E-state index in [2.05, 4.69) is 6.58 Å². The fraction of sp³-hybridized carbons (Fsp3) is 0.583. The summed E-state index contributed by atoms with van der Waals surface area (Å²) in [6, 6.07) is -0.810. The summed E-state index contributed by atoms with van der Waals surface area (Å²) in [5.74, 6) is -1.22.